The number of nitrogens with one attached hydrogen (secondary N) is 2. The lowest BCUT2D eigenvalue weighted by atomic mass is 10.2. The highest BCUT2D eigenvalue weighted by atomic mass is 16.6. The van der Waals surface area contributed by atoms with E-state index in [2.05, 4.69) is 15.8 Å². The first-order valence-electron chi connectivity index (χ1n) is 6.60. The first-order valence-corrected chi connectivity index (χ1v) is 6.60. The number of carbonyl (C=O) groups excluding carboxylic acids is 2. The fourth-order valence-electron chi connectivity index (χ4n) is 1.68. The Kier molecular flexibility index (Phi) is 4.76. The average Bonchev–Trinajstić information content (AvgIpc) is 2.46. The molecule has 2 N–H and O–H groups in total. The Bertz CT molecular complexity index is 569. The van der Waals surface area contributed by atoms with Gasteiger partial charge in [0, 0.05) is 6.04 Å². The van der Waals surface area contributed by atoms with Gasteiger partial charge in [0.25, 0.3) is 0 Å². The van der Waals surface area contributed by atoms with Crippen LogP contribution in [0.1, 0.15) is 19.4 Å². The second-order valence-corrected chi connectivity index (χ2v) is 4.73. The summed E-state index contributed by atoms with van der Waals surface area (Å²) in [5, 5.41) is 6.21. The number of fused-ring (bicyclic) bond motifs is 1. The van der Waals surface area contributed by atoms with Gasteiger partial charge in [-0.05, 0) is 37.6 Å². The molecule has 112 valence electrons. The molecule has 0 atom stereocenters. The maximum Gasteiger partial charge on any atom is 0.329 e. The first-order chi connectivity index (χ1) is 10.1. The summed E-state index contributed by atoms with van der Waals surface area (Å²) >= 11 is 0. The molecular weight excluding hydrogens is 274 g/mol. The Balaban J connectivity index is 1.92. The molecule has 0 spiro atoms. The van der Waals surface area contributed by atoms with Crippen molar-refractivity contribution in [1.82, 2.24) is 10.7 Å². The average molecular weight is 291 g/mol. The van der Waals surface area contributed by atoms with Gasteiger partial charge in [0.05, 0.1) is 6.21 Å². The number of benzene rings is 1. The number of amides is 2. The van der Waals surface area contributed by atoms with Gasteiger partial charge in [0.15, 0.2) is 11.5 Å². The molecule has 1 heterocycles. The molecule has 1 aliphatic rings. The van der Waals surface area contributed by atoms with Crippen molar-refractivity contribution in [3.63, 3.8) is 0 Å². The van der Waals surface area contributed by atoms with E-state index in [1.54, 1.807) is 32.0 Å². The first kappa shape index (κ1) is 14.8. The normalized spacial score (nSPS) is 13.3. The van der Waals surface area contributed by atoms with Crippen molar-refractivity contribution in [1.29, 1.82) is 0 Å². The van der Waals surface area contributed by atoms with Gasteiger partial charge in [-0.3, -0.25) is 9.59 Å². The van der Waals surface area contributed by atoms with E-state index in [0.717, 1.165) is 5.56 Å². The number of hydrogen-bond donors (Lipinski definition) is 2. The highest BCUT2D eigenvalue weighted by Crippen LogP contribution is 2.30. The highest BCUT2D eigenvalue weighted by molar-refractivity contribution is 6.35. The molecule has 0 aliphatic carbocycles. The van der Waals surface area contributed by atoms with E-state index in [9.17, 15) is 9.59 Å². The van der Waals surface area contributed by atoms with Crippen molar-refractivity contribution >= 4 is 18.0 Å². The molecule has 1 aromatic carbocycles. The lowest BCUT2D eigenvalue weighted by Gasteiger charge is -2.18. The minimum Gasteiger partial charge on any atom is -0.486 e. The summed E-state index contributed by atoms with van der Waals surface area (Å²) in [6.07, 6.45) is 1.43. The van der Waals surface area contributed by atoms with E-state index in [0.29, 0.717) is 24.7 Å². The van der Waals surface area contributed by atoms with Crippen molar-refractivity contribution in [2.24, 2.45) is 5.10 Å². The third-order valence-corrected chi connectivity index (χ3v) is 2.57. The number of hydrogen-bond acceptors (Lipinski definition) is 5. The Morgan fingerprint density at radius 2 is 1.90 bits per heavy atom. The van der Waals surface area contributed by atoms with Crippen LogP contribution < -0.4 is 20.2 Å². The Labute approximate surface area is 122 Å². The lowest BCUT2D eigenvalue weighted by Crippen LogP contribution is -2.41. The molecule has 2 rings (SSSR count). The van der Waals surface area contributed by atoms with Crippen LogP contribution in [0.5, 0.6) is 11.5 Å². The molecule has 2 amide bonds. The largest absolute Gasteiger partial charge is 0.486 e. The quantitative estimate of drug-likeness (QED) is 0.480. The van der Waals surface area contributed by atoms with E-state index in [1.165, 1.54) is 6.21 Å². The van der Waals surface area contributed by atoms with Crippen LogP contribution in [0.3, 0.4) is 0 Å². The Morgan fingerprint density at radius 1 is 1.19 bits per heavy atom. The SMILES string of the molecule is CC(C)NC(=O)C(=O)NN=Cc1ccc2c(c1)OCCO2. The monoisotopic (exact) mass is 291 g/mol. The number of ether oxygens (including phenoxy) is 2. The molecule has 0 bridgehead atoms. The maximum atomic E-state index is 11.4. The van der Waals surface area contributed by atoms with Crippen LogP contribution in [0.4, 0.5) is 0 Å². The van der Waals surface area contributed by atoms with Crippen LogP contribution in [-0.2, 0) is 9.59 Å². The van der Waals surface area contributed by atoms with E-state index in [-0.39, 0.29) is 6.04 Å². The molecule has 0 saturated carbocycles. The van der Waals surface area contributed by atoms with Gasteiger partial charge in [-0.15, -0.1) is 0 Å². The van der Waals surface area contributed by atoms with Crippen LogP contribution in [0, 0.1) is 0 Å². The Hall–Kier alpha value is -2.57. The van der Waals surface area contributed by atoms with Crippen molar-refractivity contribution in [3.8, 4) is 11.5 Å². The van der Waals surface area contributed by atoms with Crippen LogP contribution in [0.2, 0.25) is 0 Å². The fraction of sp³-hybridized carbons (Fsp3) is 0.357. The zero-order valence-electron chi connectivity index (χ0n) is 11.9. The van der Waals surface area contributed by atoms with E-state index in [1.807, 2.05) is 0 Å². The second-order valence-electron chi connectivity index (χ2n) is 4.73. The van der Waals surface area contributed by atoms with Gasteiger partial charge >= 0.3 is 11.8 Å². The maximum absolute atomic E-state index is 11.4. The molecule has 0 fully saturated rings. The second kappa shape index (κ2) is 6.74. The van der Waals surface area contributed by atoms with Gasteiger partial charge in [0.1, 0.15) is 13.2 Å². The van der Waals surface area contributed by atoms with Crippen LogP contribution in [-0.4, -0.2) is 37.3 Å². The third-order valence-electron chi connectivity index (χ3n) is 2.57. The minimum absolute atomic E-state index is 0.106. The summed E-state index contributed by atoms with van der Waals surface area (Å²) in [7, 11) is 0. The van der Waals surface area contributed by atoms with Crippen molar-refractivity contribution < 1.29 is 19.1 Å². The standard InChI is InChI=1S/C14H17N3O4/c1-9(2)16-13(18)14(19)17-15-8-10-3-4-11-12(7-10)21-6-5-20-11/h3-4,7-9H,5-6H2,1-2H3,(H,16,18)(H,17,19). The third kappa shape index (κ3) is 4.20. The molecule has 7 heteroatoms. The van der Waals surface area contributed by atoms with Crippen LogP contribution >= 0.6 is 0 Å². The van der Waals surface area contributed by atoms with E-state index in [4.69, 9.17) is 9.47 Å². The van der Waals surface area contributed by atoms with Crippen molar-refractivity contribution in [2.45, 2.75) is 19.9 Å². The molecule has 0 aromatic heterocycles. The molecule has 0 radical (unpaired) electrons. The van der Waals surface area contributed by atoms with Gasteiger partial charge in [-0.25, -0.2) is 5.43 Å². The van der Waals surface area contributed by atoms with E-state index >= 15 is 0 Å². The number of hydrazone groups is 1. The molecule has 1 aromatic rings. The predicted molar refractivity (Wildman–Crippen MR) is 76.4 cm³/mol. The highest BCUT2D eigenvalue weighted by Gasteiger charge is 2.13. The molecule has 7 nitrogen and oxygen atoms in total. The topological polar surface area (TPSA) is 89.0 Å². The van der Waals surface area contributed by atoms with Crippen LogP contribution in [0.15, 0.2) is 23.3 Å². The summed E-state index contributed by atoms with van der Waals surface area (Å²) in [6.45, 7) is 4.56. The molecule has 1 aliphatic heterocycles. The Morgan fingerprint density at radius 3 is 2.62 bits per heavy atom. The molecule has 21 heavy (non-hydrogen) atoms. The zero-order chi connectivity index (χ0) is 15.2. The van der Waals surface area contributed by atoms with Crippen molar-refractivity contribution in [3.05, 3.63) is 23.8 Å². The summed E-state index contributed by atoms with van der Waals surface area (Å²) in [5.41, 5.74) is 2.89. The van der Waals surface area contributed by atoms with Gasteiger partial charge in [0.2, 0.25) is 0 Å². The molecular formula is C14H17N3O4. The summed E-state index contributed by atoms with van der Waals surface area (Å²) in [6, 6.07) is 5.18. The summed E-state index contributed by atoms with van der Waals surface area (Å²) < 4.78 is 10.8. The van der Waals surface area contributed by atoms with Crippen LogP contribution in [0.25, 0.3) is 0 Å². The van der Waals surface area contributed by atoms with E-state index < -0.39 is 11.8 Å². The predicted octanol–water partition coefficient (Wildman–Crippen LogP) is 0.432. The molecule has 0 saturated heterocycles. The van der Waals surface area contributed by atoms with Gasteiger partial charge in [-0.2, -0.15) is 5.10 Å². The summed E-state index contributed by atoms with van der Waals surface area (Å²) in [5.74, 6) is -0.213. The minimum atomic E-state index is -0.808. The number of nitrogens with zero attached hydrogens (tertiary/aromatic N) is 1. The number of rotatable bonds is 3. The fourth-order valence-corrected chi connectivity index (χ4v) is 1.68. The summed E-state index contributed by atoms with van der Waals surface area (Å²) in [4.78, 5) is 22.8. The smallest absolute Gasteiger partial charge is 0.329 e. The van der Waals surface area contributed by atoms with Gasteiger partial charge < -0.3 is 14.8 Å². The molecule has 0 unspecified atom stereocenters. The van der Waals surface area contributed by atoms with Crippen molar-refractivity contribution in [2.75, 3.05) is 13.2 Å². The lowest BCUT2D eigenvalue weighted by molar-refractivity contribution is -0.139. The van der Waals surface area contributed by atoms with Gasteiger partial charge in [-0.1, -0.05) is 0 Å². The zero-order valence-corrected chi connectivity index (χ0v) is 11.9. The number of carbonyl (C=O) groups is 2.